The zero-order valence-electron chi connectivity index (χ0n) is 32.7. The van der Waals surface area contributed by atoms with Gasteiger partial charge in [0.2, 0.25) is 11.8 Å². The lowest BCUT2D eigenvalue weighted by atomic mass is 10.0. The van der Waals surface area contributed by atoms with Crippen molar-refractivity contribution in [3.8, 4) is 0 Å². The summed E-state index contributed by atoms with van der Waals surface area (Å²) in [6.45, 7) is 1.73. The summed E-state index contributed by atoms with van der Waals surface area (Å²) in [6.07, 6.45) is -7.46. The molecule has 1 saturated heterocycles. The SMILES string of the molecule is COC(=O)C(CCSC)NC(=O)CN(Cc1cccc2ccccc12)C[C@@H]1CCCN1C(=O)[C@@H](N)Cc1cnc[nH]1.O=C(O)C(F)(F)F.O=C(O)C(F)(F)F.O=C(O)C(F)(F)F. The minimum absolute atomic E-state index is 0.0778. The number of ether oxygens (including phenoxy) is 1. The summed E-state index contributed by atoms with van der Waals surface area (Å²) in [7, 11) is 1.33. The molecule has 2 amide bonds. The number of hydrogen-bond donors (Lipinski definition) is 6. The van der Waals surface area contributed by atoms with E-state index in [9.17, 15) is 53.9 Å². The average molecular weight is 923 g/mol. The number of nitrogens with one attached hydrogen (secondary N) is 2. The fourth-order valence-electron chi connectivity index (χ4n) is 5.47. The van der Waals surface area contributed by atoms with E-state index in [1.54, 1.807) is 24.3 Å². The van der Waals surface area contributed by atoms with Crippen LogP contribution < -0.4 is 11.1 Å². The number of benzene rings is 2. The first-order chi connectivity index (χ1) is 28.7. The number of likely N-dealkylation sites (tertiary alicyclic amines) is 1. The highest BCUT2D eigenvalue weighted by molar-refractivity contribution is 7.98. The van der Waals surface area contributed by atoms with E-state index in [4.69, 9.17) is 40.2 Å². The van der Waals surface area contributed by atoms with E-state index in [-0.39, 0.29) is 24.4 Å². The normalized spacial score (nSPS) is 14.8. The lowest BCUT2D eigenvalue weighted by Gasteiger charge is -2.32. The first-order valence-corrected chi connectivity index (χ1v) is 19.1. The van der Waals surface area contributed by atoms with Gasteiger partial charge in [-0.15, -0.1) is 0 Å². The van der Waals surface area contributed by atoms with Crippen molar-refractivity contribution in [1.82, 2.24) is 25.1 Å². The predicted octanol–water partition coefficient (Wildman–Crippen LogP) is 4.24. The van der Waals surface area contributed by atoms with Crippen molar-refractivity contribution in [2.24, 2.45) is 5.73 Å². The van der Waals surface area contributed by atoms with Crippen LogP contribution in [0.15, 0.2) is 55.0 Å². The van der Waals surface area contributed by atoms with Crippen LogP contribution in [0.1, 0.15) is 30.5 Å². The molecular formula is C36H43F9N6O10S. The van der Waals surface area contributed by atoms with Crippen LogP contribution in [0.3, 0.4) is 0 Å². The monoisotopic (exact) mass is 922 g/mol. The van der Waals surface area contributed by atoms with Gasteiger partial charge in [0, 0.05) is 44.0 Å². The predicted molar refractivity (Wildman–Crippen MR) is 202 cm³/mol. The van der Waals surface area contributed by atoms with E-state index < -0.39 is 54.5 Å². The molecule has 2 heterocycles. The zero-order valence-corrected chi connectivity index (χ0v) is 33.5. The number of aromatic nitrogens is 2. The number of amides is 2. The number of carbonyl (C=O) groups excluding carboxylic acids is 3. The quantitative estimate of drug-likeness (QED) is 0.0979. The van der Waals surface area contributed by atoms with E-state index in [1.165, 1.54) is 7.11 Å². The molecule has 1 aromatic heterocycles. The molecule has 1 aliphatic heterocycles. The molecule has 16 nitrogen and oxygen atoms in total. The van der Waals surface area contributed by atoms with Gasteiger partial charge in [0.05, 0.1) is 26.0 Å². The fourth-order valence-corrected chi connectivity index (χ4v) is 5.94. The Kier molecular flexibility index (Phi) is 22.2. The van der Waals surface area contributed by atoms with E-state index in [0.29, 0.717) is 32.5 Å². The number of esters is 1. The highest BCUT2D eigenvalue weighted by atomic mass is 32.2. The second kappa shape index (κ2) is 25.3. The Hall–Kier alpha value is -5.63. The van der Waals surface area contributed by atoms with Crippen molar-refractivity contribution < 1.29 is 88.3 Å². The Balaban J connectivity index is 0.000000751. The topological polar surface area (TPSA) is 246 Å². The third kappa shape index (κ3) is 19.8. The Morgan fingerprint density at radius 1 is 0.935 bits per heavy atom. The van der Waals surface area contributed by atoms with Gasteiger partial charge in [-0.25, -0.2) is 24.2 Å². The smallest absolute Gasteiger partial charge is 0.475 e. The molecule has 0 radical (unpaired) electrons. The summed E-state index contributed by atoms with van der Waals surface area (Å²) in [6, 6.07) is 12.9. The summed E-state index contributed by atoms with van der Waals surface area (Å²) >= 11 is 1.61. The Labute approximate surface area is 350 Å². The highest BCUT2D eigenvalue weighted by Gasteiger charge is 2.40. The van der Waals surface area contributed by atoms with E-state index in [2.05, 4.69) is 44.5 Å². The summed E-state index contributed by atoms with van der Waals surface area (Å²) in [5.74, 6) is -8.36. The number of nitrogens with zero attached hydrogens (tertiary/aromatic N) is 3. The molecule has 3 aromatic rings. The van der Waals surface area contributed by atoms with E-state index in [1.807, 2.05) is 29.4 Å². The van der Waals surface area contributed by atoms with Crippen LogP contribution in [0.4, 0.5) is 39.5 Å². The largest absolute Gasteiger partial charge is 0.490 e. The average Bonchev–Trinajstić information content (AvgIpc) is 3.88. The first-order valence-electron chi connectivity index (χ1n) is 17.7. The molecule has 0 saturated carbocycles. The third-order valence-electron chi connectivity index (χ3n) is 8.24. The molecule has 26 heteroatoms. The van der Waals surface area contributed by atoms with Crippen molar-refractivity contribution in [3.05, 3.63) is 66.2 Å². The number of carboxylic acid groups (broad SMARTS) is 3. The van der Waals surface area contributed by atoms with Gasteiger partial charge in [-0.1, -0.05) is 42.5 Å². The van der Waals surface area contributed by atoms with Gasteiger partial charge >= 0.3 is 42.4 Å². The lowest BCUT2D eigenvalue weighted by Crippen LogP contribution is -2.52. The van der Waals surface area contributed by atoms with Gasteiger partial charge in [-0.05, 0) is 47.6 Å². The summed E-state index contributed by atoms with van der Waals surface area (Å²) in [4.78, 5) is 76.7. The number of fused-ring (bicyclic) bond motifs is 1. The summed E-state index contributed by atoms with van der Waals surface area (Å²) in [5, 5.41) is 26.5. The lowest BCUT2D eigenvalue weighted by molar-refractivity contribution is -0.193. The number of carboxylic acids is 3. The van der Waals surface area contributed by atoms with Gasteiger partial charge in [-0.2, -0.15) is 51.3 Å². The minimum Gasteiger partial charge on any atom is -0.475 e. The van der Waals surface area contributed by atoms with Crippen molar-refractivity contribution in [2.45, 2.75) is 68.9 Å². The van der Waals surface area contributed by atoms with Crippen LogP contribution in [-0.4, -0.2) is 146 Å². The molecule has 4 rings (SSSR count). The maximum atomic E-state index is 13.4. The van der Waals surface area contributed by atoms with Gasteiger partial charge in [0.15, 0.2) is 0 Å². The molecule has 7 N–H and O–H groups in total. The number of hydrogen-bond acceptors (Lipinski definition) is 11. The van der Waals surface area contributed by atoms with Crippen LogP contribution >= 0.6 is 11.8 Å². The Morgan fingerprint density at radius 2 is 1.48 bits per heavy atom. The van der Waals surface area contributed by atoms with Crippen LogP contribution in [0, 0.1) is 0 Å². The number of thioether (sulfide) groups is 1. The van der Waals surface area contributed by atoms with Gasteiger partial charge in [0.25, 0.3) is 0 Å². The van der Waals surface area contributed by atoms with Gasteiger partial charge in [0.1, 0.15) is 6.04 Å². The van der Waals surface area contributed by atoms with Crippen molar-refractivity contribution in [2.75, 3.05) is 38.8 Å². The molecule has 0 aliphatic carbocycles. The Morgan fingerprint density at radius 3 is 1.98 bits per heavy atom. The zero-order chi connectivity index (χ0) is 47.4. The third-order valence-corrected chi connectivity index (χ3v) is 8.89. The number of carbonyl (C=O) groups is 6. The molecule has 1 fully saturated rings. The van der Waals surface area contributed by atoms with Crippen molar-refractivity contribution >= 4 is 58.2 Å². The van der Waals surface area contributed by atoms with E-state index >= 15 is 0 Å². The maximum Gasteiger partial charge on any atom is 0.490 e. The second-order valence-electron chi connectivity index (χ2n) is 12.9. The van der Waals surface area contributed by atoms with Crippen LogP contribution in [0.5, 0.6) is 0 Å². The van der Waals surface area contributed by atoms with Gasteiger partial charge < -0.3 is 41.0 Å². The molecule has 62 heavy (non-hydrogen) atoms. The maximum absolute atomic E-state index is 13.4. The molecule has 3 atom stereocenters. The summed E-state index contributed by atoms with van der Waals surface area (Å²) in [5.41, 5.74) is 8.23. The van der Waals surface area contributed by atoms with Crippen LogP contribution in [0.2, 0.25) is 0 Å². The number of H-pyrrole nitrogens is 1. The standard InChI is InChI=1S/C30H40N6O4S.3C2HF3O2/c1-40-30(39)27(12-14-41-2)34-28(37)19-35(17-22-9-5-8-21-7-3-4-11-25(21)22)18-24-10-6-13-36(24)29(38)26(31)15-23-16-32-20-33-23;3*3-2(4,5)1(6)7/h3-5,7-9,11,16,20,24,26-27H,6,10,12-15,17-19,31H2,1-2H3,(H,32,33)(H,34,37);3*(H,6,7)/t24-,26-,27?;;;/m0.../s1. The molecule has 0 spiro atoms. The number of methoxy groups -OCH3 is 1. The number of rotatable bonds is 14. The van der Waals surface area contributed by atoms with Gasteiger partial charge in [-0.3, -0.25) is 14.5 Å². The molecule has 2 aromatic carbocycles. The van der Waals surface area contributed by atoms with E-state index in [0.717, 1.165) is 40.6 Å². The molecule has 346 valence electrons. The molecule has 0 bridgehead atoms. The number of nitrogens with two attached hydrogens (primary N) is 1. The number of aliphatic carboxylic acids is 3. The van der Waals surface area contributed by atoms with Crippen molar-refractivity contribution in [3.63, 3.8) is 0 Å². The molecule has 1 unspecified atom stereocenters. The Bertz CT molecular complexity index is 1860. The first kappa shape index (κ1) is 54.4. The molecular weight excluding hydrogens is 879 g/mol. The minimum atomic E-state index is -5.08. The highest BCUT2D eigenvalue weighted by Crippen LogP contribution is 2.24. The molecule has 1 aliphatic rings. The fraction of sp³-hybridized carbons (Fsp3) is 0.472. The van der Waals surface area contributed by atoms with Crippen LogP contribution in [0.25, 0.3) is 10.8 Å². The van der Waals surface area contributed by atoms with Crippen molar-refractivity contribution in [1.29, 1.82) is 0 Å². The number of imidazole rings is 1. The number of halogens is 9. The summed E-state index contributed by atoms with van der Waals surface area (Å²) < 4.78 is 100. The second-order valence-corrected chi connectivity index (χ2v) is 13.8. The number of alkyl halides is 9. The van der Waals surface area contributed by atoms with Crippen LogP contribution in [-0.2, 0) is 46.5 Å². The number of aromatic amines is 1.